The van der Waals surface area contributed by atoms with E-state index in [1.165, 1.54) is 77.0 Å². The van der Waals surface area contributed by atoms with Crippen LogP contribution in [0, 0.1) is 0 Å². The molecule has 0 saturated carbocycles. The first-order valence-corrected chi connectivity index (χ1v) is 13.1. The van der Waals surface area contributed by atoms with Gasteiger partial charge in [-0.3, -0.25) is 14.1 Å². The molecule has 32 heavy (non-hydrogen) atoms. The minimum absolute atomic E-state index is 0. The molecule has 0 aliphatic heterocycles. The van der Waals surface area contributed by atoms with Crippen molar-refractivity contribution in [1.29, 1.82) is 0 Å². The molecule has 0 heterocycles. The Balaban J connectivity index is -0.00000420. The van der Waals surface area contributed by atoms with Crippen molar-refractivity contribution in [1.82, 2.24) is 0 Å². The van der Waals surface area contributed by atoms with Gasteiger partial charge in [0.1, 0.15) is 0 Å². The average molecular weight is 499 g/mol. The van der Waals surface area contributed by atoms with Gasteiger partial charge in [-0.1, -0.05) is 103 Å². The predicted octanol–water partition coefficient (Wildman–Crippen LogP) is 4.23. The Labute approximate surface area is 239 Å². The van der Waals surface area contributed by atoms with Crippen LogP contribution >= 0.6 is 0 Å². The summed E-state index contributed by atoms with van der Waals surface area (Å²) in [6.07, 6.45) is 18.9. The predicted molar refractivity (Wildman–Crippen MR) is 132 cm³/mol. The summed E-state index contributed by atoms with van der Waals surface area (Å²) in [6.45, 7) is 2.38. The zero-order valence-corrected chi connectivity index (χ0v) is 19.5. The van der Waals surface area contributed by atoms with E-state index in [-0.39, 0.29) is 65.7 Å². The van der Waals surface area contributed by atoms with E-state index in [1.54, 1.807) is 0 Å². The molecule has 0 aliphatic carbocycles. The molecule has 0 radical (unpaired) electrons. The fourth-order valence-electron chi connectivity index (χ4n) is 3.37. The van der Waals surface area contributed by atoms with Crippen molar-refractivity contribution in [2.24, 2.45) is 0 Å². The summed E-state index contributed by atoms with van der Waals surface area (Å²) in [6, 6.07) is 0. The Morgan fingerprint density at radius 1 is 0.719 bits per heavy atom. The van der Waals surface area contributed by atoms with E-state index in [1.807, 2.05) is 0 Å². The third kappa shape index (κ3) is 24.0. The summed E-state index contributed by atoms with van der Waals surface area (Å²) in [5, 5.41) is 6.56. The number of ether oxygens (including phenoxy) is 1. The fourth-order valence-corrected chi connectivity index (χ4v) is 3.97. The molecule has 10 heteroatoms. The second-order valence-electron chi connectivity index (χ2n) is 8.07. The maximum atomic E-state index is 11.5. The number of esters is 1. The van der Waals surface area contributed by atoms with Crippen LogP contribution in [0.2, 0.25) is 0 Å². The molecule has 0 aromatic carbocycles. The monoisotopic (exact) mass is 498 g/mol. The topological polar surface area (TPSA) is 118 Å². The zero-order valence-electron chi connectivity index (χ0n) is 18.6. The zero-order chi connectivity index (χ0) is 22.7. The average Bonchev–Trinajstić information content (AvgIpc) is 2.67. The molecule has 0 rings (SSSR count). The van der Waals surface area contributed by atoms with Gasteiger partial charge in [-0.15, -0.1) is 0 Å². The normalized spacial score (nSPS) is 11.8. The van der Waals surface area contributed by atoms with Crippen LogP contribution in [-0.4, -0.2) is 101 Å². The quantitative estimate of drug-likeness (QED) is 0.105. The molecule has 2 N–H and O–H groups in total. The summed E-state index contributed by atoms with van der Waals surface area (Å²) < 4.78 is 35.5. The number of hydrogen-bond acceptors (Lipinski definition) is 5. The summed E-state index contributed by atoms with van der Waals surface area (Å²) >= 11 is 0. The van der Waals surface area contributed by atoms with E-state index in [2.05, 4.69) is 6.92 Å². The van der Waals surface area contributed by atoms with Crippen LogP contribution in [0.4, 0.5) is 0 Å². The number of rotatable bonds is 21. The molecular formula is C22H44Na2O7S. The van der Waals surface area contributed by atoms with Crippen molar-refractivity contribution >= 4 is 81.2 Å². The van der Waals surface area contributed by atoms with E-state index < -0.39 is 33.7 Å². The van der Waals surface area contributed by atoms with Crippen LogP contribution < -0.4 is 0 Å². The van der Waals surface area contributed by atoms with E-state index in [9.17, 15) is 18.0 Å². The number of carbonyl (C=O) groups is 2. The van der Waals surface area contributed by atoms with Crippen molar-refractivity contribution in [2.75, 3.05) is 6.61 Å². The van der Waals surface area contributed by atoms with Gasteiger partial charge >= 0.3 is 71.1 Å². The molecule has 0 aromatic heterocycles. The van der Waals surface area contributed by atoms with Gasteiger partial charge in [0.05, 0.1) is 13.0 Å². The summed E-state index contributed by atoms with van der Waals surface area (Å²) in [5.74, 6) is -2.70. The molecule has 7 nitrogen and oxygen atoms in total. The number of carboxylic acid groups (broad SMARTS) is 1. The Hall–Kier alpha value is 0.850. The van der Waals surface area contributed by atoms with Crippen LogP contribution in [0.3, 0.4) is 0 Å². The van der Waals surface area contributed by atoms with E-state index in [0.29, 0.717) is 6.42 Å². The Kier molecular flexibility index (Phi) is 29.2. The Morgan fingerprint density at radius 3 is 1.38 bits per heavy atom. The van der Waals surface area contributed by atoms with Crippen LogP contribution in [0.1, 0.15) is 116 Å². The van der Waals surface area contributed by atoms with E-state index >= 15 is 0 Å². The molecule has 0 saturated heterocycles. The molecule has 0 spiro atoms. The van der Waals surface area contributed by atoms with Gasteiger partial charge in [-0.2, -0.15) is 8.42 Å². The molecule has 1 unspecified atom stereocenters. The number of carboxylic acids is 1. The van der Waals surface area contributed by atoms with Gasteiger partial charge in [0.15, 0.2) is 5.25 Å². The molecule has 0 amide bonds. The molecular weight excluding hydrogens is 454 g/mol. The second-order valence-corrected chi connectivity index (χ2v) is 9.67. The van der Waals surface area contributed by atoms with Gasteiger partial charge in [-0.05, 0) is 6.42 Å². The maximum absolute atomic E-state index is 11.5. The standard InChI is InChI=1S/C22H42O7S.2Na.2H/c1-2-3-4-5-6-7-8-9-10-11-12-13-14-15-16-17-18-29-21(23)19-20(22(24)25)30(26,27)28;;;;/h20H,2-19H2,1H3,(H,24,25)(H,26,27,28);;;;. The minimum atomic E-state index is -4.82. The van der Waals surface area contributed by atoms with Crippen molar-refractivity contribution in [3.63, 3.8) is 0 Å². The number of unbranched alkanes of at least 4 members (excludes halogenated alkanes) is 15. The van der Waals surface area contributed by atoms with Crippen molar-refractivity contribution < 1.29 is 32.4 Å². The SMILES string of the molecule is CCCCCCCCCCCCCCCCCCOC(=O)CC(C(=O)O)S(=O)(=O)O.[NaH].[NaH]. The number of carbonyl (C=O) groups excluding carboxylic acids is 1. The van der Waals surface area contributed by atoms with Gasteiger partial charge in [0.25, 0.3) is 10.1 Å². The third-order valence-electron chi connectivity index (χ3n) is 5.25. The van der Waals surface area contributed by atoms with Crippen LogP contribution in [0.25, 0.3) is 0 Å². The van der Waals surface area contributed by atoms with Crippen LogP contribution in [0.5, 0.6) is 0 Å². The van der Waals surface area contributed by atoms with Crippen molar-refractivity contribution in [3.8, 4) is 0 Å². The summed E-state index contributed by atoms with van der Waals surface area (Å²) in [4.78, 5) is 22.3. The second kappa shape index (κ2) is 25.0. The van der Waals surface area contributed by atoms with Crippen molar-refractivity contribution in [2.45, 2.75) is 121 Å². The van der Waals surface area contributed by atoms with Gasteiger partial charge < -0.3 is 9.84 Å². The fraction of sp³-hybridized carbons (Fsp3) is 0.909. The first-order chi connectivity index (χ1) is 14.3. The molecule has 1 atom stereocenters. The number of aliphatic carboxylic acids is 1. The van der Waals surface area contributed by atoms with Crippen molar-refractivity contribution in [3.05, 3.63) is 0 Å². The first kappa shape index (κ1) is 37.4. The molecule has 0 fully saturated rings. The first-order valence-electron chi connectivity index (χ1n) is 11.6. The molecule has 0 aliphatic rings. The van der Waals surface area contributed by atoms with Crippen LogP contribution in [-0.2, 0) is 24.4 Å². The van der Waals surface area contributed by atoms with Gasteiger partial charge in [0, 0.05) is 0 Å². The Bertz CT molecular complexity index is 556. The van der Waals surface area contributed by atoms with Gasteiger partial charge in [-0.25, -0.2) is 0 Å². The molecule has 182 valence electrons. The van der Waals surface area contributed by atoms with Crippen LogP contribution in [0.15, 0.2) is 0 Å². The molecule has 0 bridgehead atoms. The number of hydrogen-bond donors (Lipinski definition) is 2. The Morgan fingerprint density at radius 2 is 1.06 bits per heavy atom. The van der Waals surface area contributed by atoms with E-state index in [4.69, 9.17) is 14.4 Å². The summed E-state index contributed by atoms with van der Waals surface area (Å²) in [5.41, 5.74) is 0. The van der Waals surface area contributed by atoms with Gasteiger partial charge in [0.2, 0.25) is 0 Å². The third-order valence-corrected chi connectivity index (χ3v) is 6.34. The molecule has 0 aromatic rings. The van der Waals surface area contributed by atoms with E-state index in [0.717, 1.165) is 19.3 Å². The summed E-state index contributed by atoms with van der Waals surface area (Å²) in [7, 11) is -4.82.